The molecular formula is C15H16ClN3. The molecule has 0 spiro atoms. The second kappa shape index (κ2) is 4.82. The molecule has 2 heterocycles. The fraction of sp³-hybridized carbons (Fsp3) is 0.333. The number of halogens is 1. The molecule has 4 heteroatoms. The molecule has 1 aliphatic rings. The Balaban J connectivity index is 2.02. The Morgan fingerprint density at radius 2 is 2.11 bits per heavy atom. The summed E-state index contributed by atoms with van der Waals surface area (Å²) in [6.07, 6.45) is 2.83. The van der Waals surface area contributed by atoms with Gasteiger partial charge in [-0.05, 0) is 43.0 Å². The average molecular weight is 274 g/mol. The molecule has 0 saturated carbocycles. The molecule has 98 valence electrons. The van der Waals surface area contributed by atoms with Crippen molar-refractivity contribution in [3.63, 3.8) is 0 Å². The van der Waals surface area contributed by atoms with E-state index in [1.54, 1.807) is 6.20 Å². The minimum absolute atomic E-state index is 0.312. The Kier molecular flexibility index (Phi) is 3.15. The normalized spacial score (nSPS) is 18.3. The lowest BCUT2D eigenvalue weighted by atomic mass is 9.93. The van der Waals surface area contributed by atoms with E-state index in [1.165, 1.54) is 11.1 Å². The maximum Gasteiger partial charge on any atom is 0.224 e. The number of fused-ring (bicyclic) bond motifs is 1. The lowest BCUT2D eigenvalue weighted by Gasteiger charge is -2.36. The highest BCUT2D eigenvalue weighted by atomic mass is 35.5. The van der Waals surface area contributed by atoms with Crippen molar-refractivity contribution in [1.82, 2.24) is 9.97 Å². The van der Waals surface area contributed by atoms with Gasteiger partial charge in [0.05, 0.1) is 6.04 Å². The number of aromatic nitrogens is 2. The number of benzene rings is 1. The summed E-state index contributed by atoms with van der Waals surface area (Å²) in [6.45, 7) is 5.21. The molecule has 0 amide bonds. The number of aryl methyl sites for hydroxylation is 1. The SMILES string of the molecule is Cc1cnc(Cl)nc1N1CCc2ccccc2C1C. The van der Waals surface area contributed by atoms with Crippen LogP contribution in [-0.4, -0.2) is 16.5 Å². The van der Waals surface area contributed by atoms with Crippen molar-refractivity contribution in [1.29, 1.82) is 0 Å². The van der Waals surface area contributed by atoms with E-state index in [4.69, 9.17) is 11.6 Å². The second-order valence-corrected chi connectivity index (χ2v) is 5.30. The second-order valence-electron chi connectivity index (χ2n) is 4.96. The van der Waals surface area contributed by atoms with E-state index in [0.717, 1.165) is 24.3 Å². The summed E-state index contributed by atoms with van der Waals surface area (Å²) < 4.78 is 0. The molecule has 3 rings (SSSR count). The molecule has 1 unspecified atom stereocenters. The minimum atomic E-state index is 0.312. The Morgan fingerprint density at radius 1 is 1.32 bits per heavy atom. The van der Waals surface area contributed by atoms with Gasteiger partial charge in [-0.2, -0.15) is 0 Å². The third-order valence-electron chi connectivity index (χ3n) is 3.78. The molecule has 1 aromatic heterocycles. The predicted octanol–water partition coefficient (Wildman–Crippen LogP) is 3.56. The zero-order chi connectivity index (χ0) is 13.4. The Bertz CT molecular complexity index is 612. The van der Waals surface area contributed by atoms with Crippen molar-refractivity contribution in [3.05, 3.63) is 52.4 Å². The van der Waals surface area contributed by atoms with E-state index in [2.05, 4.69) is 46.1 Å². The molecule has 0 N–H and O–H groups in total. The largest absolute Gasteiger partial charge is 0.349 e. The highest BCUT2D eigenvalue weighted by Crippen LogP contribution is 2.33. The quantitative estimate of drug-likeness (QED) is 0.744. The van der Waals surface area contributed by atoms with E-state index in [1.807, 2.05) is 6.92 Å². The Morgan fingerprint density at radius 3 is 2.95 bits per heavy atom. The first-order valence-corrected chi connectivity index (χ1v) is 6.88. The van der Waals surface area contributed by atoms with Gasteiger partial charge in [0.1, 0.15) is 5.82 Å². The molecule has 3 nitrogen and oxygen atoms in total. The van der Waals surface area contributed by atoms with Gasteiger partial charge in [0.15, 0.2) is 0 Å². The van der Waals surface area contributed by atoms with Crippen LogP contribution in [0.15, 0.2) is 30.5 Å². The van der Waals surface area contributed by atoms with Gasteiger partial charge in [-0.25, -0.2) is 9.97 Å². The zero-order valence-electron chi connectivity index (χ0n) is 11.1. The fourth-order valence-corrected chi connectivity index (χ4v) is 2.89. The zero-order valence-corrected chi connectivity index (χ0v) is 11.9. The fourth-order valence-electron chi connectivity index (χ4n) is 2.76. The summed E-state index contributed by atoms with van der Waals surface area (Å²) in [7, 11) is 0. The summed E-state index contributed by atoms with van der Waals surface area (Å²) in [5.41, 5.74) is 3.88. The lowest BCUT2D eigenvalue weighted by molar-refractivity contribution is 0.614. The van der Waals surface area contributed by atoms with Gasteiger partial charge in [-0.1, -0.05) is 24.3 Å². The Hall–Kier alpha value is -1.61. The maximum atomic E-state index is 5.94. The van der Waals surface area contributed by atoms with Gasteiger partial charge in [0.2, 0.25) is 5.28 Å². The van der Waals surface area contributed by atoms with Crippen LogP contribution in [0.5, 0.6) is 0 Å². The van der Waals surface area contributed by atoms with Gasteiger partial charge in [0.25, 0.3) is 0 Å². The molecule has 1 aromatic carbocycles. The standard InChI is InChI=1S/C15H16ClN3/c1-10-9-17-15(16)18-14(10)19-8-7-12-5-3-4-6-13(12)11(19)2/h3-6,9,11H,7-8H2,1-2H3. The van der Waals surface area contributed by atoms with Crippen LogP contribution in [0.25, 0.3) is 0 Å². The van der Waals surface area contributed by atoms with Gasteiger partial charge in [-0.15, -0.1) is 0 Å². The maximum absolute atomic E-state index is 5.94. The van der Waals surface area contributed by atoms with E-state index >= 15 is 0 Å². The van der Waals surface area contributed by atoms with E-state index < -0.39 is 0 Å². The Labute approximate surface area is 118 Å². The summed E-state index contributed by atoms with van der Waals surface area (Å²) in [5, 5.41) is 0.312. The number of hydrogen-bond donors (Lipinski definition) is 0. The molecular weight excluding hydrogens is 258 g/mol. The van der Waals surface area contributed by atoms with Gasteiger partial charge in [-0.3, -0.25) is 0 Å². The molecule has 0 radical (unpaired) electrons. The molecule has 1 aliphatic heterocycles. The summed E-state index contributed by atoms with van der Waals surface area (Å²) in [5.74, 6) is 0.946. The van der Waals surface area contributed by atoms with E-state index in [9.17, 15) is 0 Å². The first-order valence-electron chi connectivity index (χ1n) is 6.50. The van der Waals surface area contributed by atoms with Gasteiger partial charge >= 0.3 is 0 Å². The number of hydrogen-bond acceptors (Lipinski definition) is 3. The molecule has 0 fully saturated rings. The van der Waals surface area contributed by atoms with Crippen LogP contribution in [0.1, 0.15) is 29.7 Å². The first-order chi connectivity index (χ1) is 9.16. The van der Waals surface area contributed by atoms with Crippen molar-refractivity contribution in [3.8, 4) is 0 Å². The van der Waals surface area contributed by atoms with E-state index in [-0.39, 0.29) is 0 Å². The highest BCUT2D eigenvalue weighted by Gasteiger charge is 2.25. The van der Waals surface area contributed by atoms with Crippen LogP contribution in [0.4, 0.5) is 5.82 Å². The monoisotopic (exact) mass is 273 g/mol. The van der Waals surface area contributed by atoms with E-state index in [0.29, 0.717) is 11.3 Å². The molecule has 0 saturated heterocycles. The number of nitrogens with zero attached hydrogens (tertiary/aromatic N) is 3. The topological polar surface area (TPSA) is 29.0 Å². The molecule has 19 heavy (non-hydrogen) atoms. The van der Waals surface area contributed by atoms with Crippen molar-refractivity contribution in [2.24, 2.45) is 0 Å². The van der Waals surface area contributed by atoms with Crippen LogP contribution in [0.3, 0.4) is 0 Å². The van der Waals surface area contributed by atoms with Crippen LogP contribution in [0, 0.1) is 6.92 Å². The highest BCUT2D eigenvalue weighted by molar-refractivity contribution is 6.28. The lowest BCUT2D eigenvalue weighted by Crippen LogP contribution is -2.35. The predicted molar refractivity (Wildman–Crippen MR) is 77.7 cm³/mol. The summed E-state index contributed by atoms with van der Waals surface area (Å²) in [4.78, 5) is 10.7. The van der Waals surface area contributed by atoms with Gasteiger partial charge in [0, 0.05) is 18.3 Å². The van der Waals surface area contributed by atoms with Crippen molar-refractivity contribution < 1.29 is 0 Å². The third kappa shape index (κ3) is 2.19. The van der Waals surface area contributed by atoms with Crippen LogP contribution >= 0.6 is 11.6 Å². The first kappa shape index (κ1) is 12.4. The van der Waals surface area contributed by atoms with Crippen LogP contribution in [0.2, 0.25) is 5.28 Å². The smallest absolute Gasteiger partial charge is 0.224 e. The summed E-state index contributed by atoms with van der Waals surface area (Å²) in [6, 6.07) is 8.93. The number of anilines is 1. The average Bonchev–Trinajstić information content (AvgIpc) is 2.43. The van der Waals surface area contributed by atoms with Crippen molar-refractivity contribution >= 4 is 17.4 Å². The molecule has 2 aromatic rings. The number of rotatable bonds is 1. The van der Waals surface area contributed by atoms with Crippen LogP contribution < -0.4 is 4.90 Å². The van der Waals surface area contributed by atoms with Gasteiger partial charge < -0.3 is 4.90 Å². The minimum Gasteiger partial charge on any atom is -0.349 e. The van der Waals surface area contributed by atoms with Crippen molar-refractivity contribution in [2.45, 2.75) is 26.3 Å². The molecule has 0 aliphatic carbocycles. The third-order valence-corrected chi connectivity index (χ3v) is 3.96. The van der Waals surface area contributed by atoms with Crippen molar-refractivity contribution in [2.75, 3.05) is 11.4 Å². The van der Waals surface area contributed by atoms with Crippen LogP contribution in [-0.2, 0) is 6.42 Å². The molecule has 1 atom stereocenters. The summed E-state index contributed by atoms with van der Waals surface area (Å²) >= 11 is 5.94. The molecule has 0 bridgehead atoms.